The van der Waals surface area contributed by atoms with Crippen molar-refractivity contribution >= 4 is 23.6 Å². The topological polar surface area (TPSA) is 49.9 Å². The van der Waals surface area contributed by atoms with Crippen LogP contribution in [0, 0.1) is 17.8 Å². The number of rotatable bonds is 4. The minimum absolute atomic E-state index is 0.118. The van der Waals surface area contributed by atoms with Crippen LogP contribution in [-0.4, -0.2) is 71.0 Å². The van der Waals surface area contributed by atoms with Crippen LogP contribution in [0.25, 0.3) is 0 Å². The van der Waals surface area contributed by atoms with Crippen molar-refractivity contribution in [1.29, 1.82) is 0 Å². The number of nitrogens with zero attached hydrogens (tertiary/aromatic N) is 2. The molecule has 24 heavy (non-hydrogen) atoms. The smallest absolute Gasteiger partial charge is 0.230 e. The van der Waals surface area contributed by atoms with Gasteiger partial charge in [0.2, 0.25) is 11.8 Å². The summed E-state index contributed by atoms with van der Waals surface area (Å²) in [4.78, 5) is 30.0. The fourth-order valence-electron chi connectivity index (χ4n) is 4.46. The van der Waals surface area contributed by atoms with Gasteiger partial charge in [0.15, 0.2) is 0 Å². The lowest BCUT2D eigenvalue weighted by Gasteiger charge is -2.32. The molecule has 2 unspecified atom stereocenters. The molecule has 4 aliphatic heterocycles. The van der Waals surface area contributed by atoms with E-state index in [1.54, 1.807) is 0 Å². The van der Waals surface area contributed by atoms with Gasteiger partial charge in [-0.2, -0.15) is 11.8 Å². The summed E-state index contributed by atoms with van der Waals surface area (Å²) in [5.41, 5.74) is -0.552. The van der Waals surface area contributed by atoms with Crippen LogP contribution in [0.2, 0.25) is 0 Å². The average molecular weight is 350 g/mol. The summed E-state index contributed by atoms with van der Waals surface area (Å²) in [6.07, 6.45) is 4.83. The third kappa shape index (κ3) is 2.49. The van der Waals surface area contributed by atoms with Gasteiger partial charge >= 0.3 is 0 Å². The lowest BCUT2D eigenvalue weighted by atomic mass is 9.76. The van der Waals surface area contributed by atoms with Gasteiger partial charge < -0.3 is 14.5 Å². The van der Waals surface area contributed by atoms with Gasteiger partial charge in [-0.1, -0.05) is 26.0 Å². The molecule has 5 nitrogen and oxygen atoms in total. The number of amides is 2. The lowest BCUT2D eigenvalue weighted by molar-refractivity contribution is -0.143. The van der Waals surface area contributed by atoms with E-state index < -0.39 is 5.60 Å². The predicted molar refractivity (Wildman–Crippen MR) is 93.7 cm³/mol. The Kier molecular flexibility index (Phi) is 4.15. The molecule has 0 aromatic carbocycles. The van der Waals surface area contributed by atoms with E-state index in [1.165, 1.54) is 0 Å². The van der Waals surface area contributed by atoms with Crippen LogP contribution in [0.5, 0.6) is 0 Å². The van der Waals surface area contributed by atoms with E-state index in [0.717, 1.165) is 37.6 Å². The van der Waals surface area contributed by atoms with Crippen molar-refractivity contribution in [2.45, 2.75) is 32.0 Å². The second kappa shape index (κ2) is 6.06. The Bertz CT molecular complexity index is 573. The first kappa shape index (κ1) is 16.5. The average Bonchev–Trinajstić information content (AvgIpc) is 3.21. The second-order valence-corrected chi connectivity index (χ2v) is 9.00. The minimum atomic E-state index is -0.552. The van der Waals surface area contributed by atoms with E-state index >= 15 is 0 Å². The summed E-state index contributed by atoms with van der Waals surface area (Å²) in [6, 6.07) is 0. The highest BCUT2D eigenvalue weighted by Crippen LogP contribution is 2.52. The zero-order valence-corrected chi connectivity index (χ0v) is 15.3. The van der Waals surface area contributed by atoms with Gasteiger partial charge in [0.05, 0.1) is 24.5 Å². The van der Waals surface area contributed by atoms with Crippen LogP contribution in [0.4, 0.5) is 0 Å². The summed E-state index contributed by atoms with van der Waals surface area (Å²) >= 11 is 1.89. The molecule has 132 valence electrons. The van der Waals surface area contributed by atoms with Crippen molar-refractivity contribution in [3.8, 4) is 0 Å². The Morgan fingerprint density at radius 2 is 2.17 bits per heavy atom. The highest BCUT2D eigenvalue weighted by atomic mass is 32.2. The molecular formula is C18H26N2O3S. The number of carbonyl (C=O) groups excluding carboxylic acids is 2. The van der Waals surface area contributed by atoms with Crippen LogP contribution in [0.1, 0.15) is 20.3 Å². The molecule has 3 fully saturated rings. The van der Waals surface area contributed by atoms with Crippen molar-refractivity contribution in [2.75, 3.05) is 37.7 Å². The summed E-state index contributed by atoms with van der Waals surface area (Å²) in [7, 11) is 0. The van der Waals surface area contributed by atoms with Gasteiger partial charge in [-0.05, 0) is 12.3 Å². The van der Waals surface area contributed by atoms with Crippen LogP contribution >= 0.6 is 11.8 Å². The number of thioether (sulfide) groups is 1. The summed E-state index contributed by atoms with van der Waals surface area (Å²) < 4.78 is 6.19. The van der Waals surface area contributed by atoms with Crippen LogP contribution in [0.3, 0.4) is 0 Å². The molecule has 4 rings (SSSR count). The van der Waals surface area contributed by atoms with Crippen molar-refractivity contribution in [3.63, 3.8) is 0 Å². The normalized spacial score (nSPS) is 37.6. The molecule has 1 spiro atoms. The standard InChI is InChI=1S/C18H26N2O3S/c1-12(2)4-6-20-11-18-5-3-13(23-18)14(15(18)17(20)22)16(21)19-7-9-24-10-8-19/h3,5,12-15H,4,6-11H2,1-2H3/t13-,14?,15?,18-/m1/s1. The maximum Gasteiger partial charge on any atom is 0.230 e. The van der Waals surface area contributed by atoms with E-state index in [2.05, 4.69) is 13.8 Å². The molecule has 0 aromatic heterocycles. The molecule has 2 bridgehead atoms. The lowest BCUT2D eigenvalue weighted by Crippen LogP contribution is -2.48. The van der Waals surface area contributed by atoms with Crippen molar-refractivity contribution in [2.24, 2.45) is 17.8 Å². The summed E-state index contributed by atoms with van der Waals surface area (Å²) in [5.74, 6) is 2.14. The largest absolute Gasteiger partial charge is 0.360 e. The Morgan fingerprint density at radius 3 is 2.88 bits per heavy atom. The highest BCUT2D eigenvalue weighted by Gasteiger charge is 2.67. The molecule has 0 radical (unpaired) electrons. The maximum atomic E-state index is 13.1. The molecule has 3 saturated heterocycles. The van der Waals surface area contributed by atoms with Gasteiger partial charge in [-0.15, -0.1) is 0 Å². The van der Waals surface area contributed by atoms with Gasteiger partial charge in [0.25, 0.3) is 0 Å². The quantitative estimate of drug-likeness (QED) is 0.719. The molecule has 0 aliphatic carbocycles. The molecule has 0 N–H and O–H groups in total. The predicted octanol–water partition coefficient (Wildman–Crippen LogP) is 1.39. The number of hydrogen-bond donors (Lipinski definition) is 0. The Morgan fingerprint density at radius 1 is 1.42 bits per heavy atom. The van der Waals surface area contributed by atoms with Crippen molar-refractivity contribution in [1.82, 2.24) is 9.80 Å². The van der Waals surface area contributed by atoms with E-state index in [0.29, 0.717) is 12.5 Å². The number of ether oxygens (including phenoxy) is 1. The fourth-order valence-corrected chi connectivity index (χ4v) is 5.36. The molecule has 4 heterocycles. The molecule has 0 saturated carbocycles. The molecule has 4 aliphatic rings. The SMILES string of the molecule is CC(C)CCN1C[C@@]23C=C[C@@H](O2)C(C(=O)N2CCSCC2)C3C1=O. The first-order valence-electron chi connectivity index (χ1n) is 9.04. The third-order valence-electron chi connectivity index (χ3n) is 5.76. The fraction of sp³-hybridized carbons (Fsp3) is 0.778. The van der Waals surface area contributed by atoms with E-state index in [9.17, 15) is 9.59 Å². The van der Waals surface area contributed by atoms with Gasteiger partial charge in [-0.3, -0.25) is 9.59 Å². The van der Waals surface area contributed by atoms with Crippen LogP contribution < -0.4 is 0 Å². The number of carbonyl (C=O) groups is 2. The van der Waals surface area contributed by atoms with E-state index in [4.69, 9.17) is 4.74 Å². The minimum Gasteiger partial charge on any atom is -0.360 e. The Hall–Kier alpha value is -1.01. The van der Waals surface area contributed by atoms with E-state index in [-0.39, 0.29) is 29.8 Å². The number of likely N-dealkylation sites (tertiary alicyclic amines) is 1. The molecule has 6 heteroatoms. The summed E-state index contributed by atoms with van der Waals surface area (Å²) in [5, 5.41) is 0. The van der Waals surface area contributed by atoms with Gasteiger partial charge in [-0.25, -0.2) is 0 Å². The first-order chi connectivity index (χ1) is 11.5. The van der Waals surface area contributed by atoms with Crippen molar-refractivity contribution < 1.29 is 14.3 Å². The second-order valence-electron chi connectivity index (χ2n) is 7.78. The van der Waals surface area contributed by atoms with Crippen LogP contribution in [-0.2, 0) is 14.3 Å². The number of hydrogen-bond acceptors (Lipinski definition) is 4. The highest BCUT2D eigenvalue weighted by molar-refractivity contribution is 7.99. The first-order valence-corrected chi connectivity index (χ1v) is 10.2. The molecule has 2 amide bonds. The van der Waals surface area contributed by atoms with Crippen LogP contribution in [0.15, 0.2) is 12.2 Å². The zero-order chi connectivity index (χ0) is 16.9. The van der Waals surface area contributed by atoms with Gasteiger partial charge in [0, 0.05) is 31.1 Å². The Labute approximate surface area is 147 Å². The molecular weight excluding hydrogens is 324 g/mol. The van der Waals surface area contributed by atoms with E-state index in [1.807, 2.05) is 33.7 Å². The monoisotopic (exact) mass is 350 g/mol. The van der Waals surface area contributed by atoms with Gasteiger partial charge in [0.1, 0.15) is 5.60 Å². The maximum absolute atomic E-state index is 13.1. The number of fused-ring (bicyclic) bond motifs is 1. The Balaban J connectivity index is 1.54. The zero-order valence-electron chi connectivity index (χ0n) is 14.4. The summed E-state index contributed by atoms with van der Waals surface area (Å²) in [6.45, 7) is 7.29. The van der Waals surface area contributed by atoms with Crippen molar-refractivity contribution in [3.05, 3.63) is 12.2 Å². The molecule has 0 aromatic rings. The molecule has 4 atom stereocenters. The third-order valence-corrected chi connectivity index (χ3v) is 6.71.